The van der Waals surface area contributed by atoms with Gasteiger partial charge in [-0.2, -0.15) is 10.4 Å². The predicted molar refractivity (Wildman–Crippen MR) is 93.7 cm³/mol. The molecule has 0 aliphatic carbocycles. The van der Waals surface area contributed by atoms with E-state index in [4.69, 9.17) is 21.6 Å². The number of benzene rings is 2. The Balaban J connectivity index is 1.85. The van der Waals surface area contributed by atoms with Crippen molar-refractivity contribution in [1.82, 2.24) is 10.2 Å². The molecule has 1 N–H and O–H groups in total. The van der Waals surface area contributed by atoms with E-state index in [2.05, 4.69) is 16.3 Å². The molecule has 26 heavy (non-hydrogen) atoms. The van der Waals surface area contributed by atoms with Crippen LogP contribution in [0.25, 0.3) is 11.3 Å². The van der Waals surface area contributed by atoms with Gasteiger partial charge in [-0.1, -0.05) is 23.7 Å². The third kappa shape index (κ3) is 4.08. The lowest BCUT2D eigenvalue weighted by Gasteiger charge is -2.14. The van der Waals surface area contributed by atoms with Gasteiger partial charge in [-0.25, -0.2) is 4.39 Å². The number of H-pyrrole nitrogens is 1. The van der Waals surface area contributed by atoms with Crippen LogP contribution in [0.15, 0.2) is 48.5 Å². The number of carbonyl (C=O) groups is 1. The van der Waals surface area contributed by atoms with Crippen molar-refractivity contribution in [2.75, 3.05) is 0 Å². The molecule has 1 unspecified atom stereocenters. The Morgan fingerprint density at radius 1 is 1.31 bits per heavy atom. The van der Waals surface area contributed by atoms with Crippen LogP contribution in [0.3, 0.4) is 0 Å². The molecule has 0 aliphatic rings. The lowest BCUT2D eigenvalue weighted by atomic mass is 10.0. The third-order valence-electron chi connectivity index (χ3n) is 3.81. The number of halogens is 2. The smallest absolute Gasteiger partial charge is 0.293 e. The van der Waals surface area contributed by atoms with Crippen LogP contribution in [-0.4, -0.2) is 16.7 Å². The highest BCUT2D eigenvalue weighted by Gasteiger charge is 2.16. The number of aromatic nitrogens is 2. The Morgan fingerprint density at radius 2 is 2.15 bits per heavy atom. The second-order valence-electron chi connectivity index (χ2n) is 5.59. The molecule has 0 aliphatic heterocycles. The zero-order valence-corrected chi connectivity index (χ0v) is 14.2. The standard InChI is InChI=1S/C19H13ClFN3O2/c20-15-5-14(6-16(21)7-15)18-8-17(23-24-18)9-19(26-11-25)13-3-1-2-12(4-13)10-22/h1-8,11,19H,9H2,(H,23,24). The second kappa shape index (κ2) is 7.81. The van der Waals surface area contributed by atoms with E-state index in [-0.39, 0.29) is 5.02 Å². The molecule has 1 heterocycles. The average molecular weight is 370 g/mol. The third-order valence-corrected chi connectivity index (χ3v) is 4.02. The maximum atomic E-state index is 13.5. The van der Waals surface area contributed by atoms with Gasteiger partial charge in [-0.05, 0) is 42.0 Å². The highest BCUT2D eigenvalue weighted by Crippen LogP contribution is 2.26. The van der Waals surface area contributed by atoms with Crippen molar-refractivity contribution in [2.45, 2.75) is 12.5 Å². The largest absolute Gasteiger partial charge is 0.459 e. The van der Waals surface area contributed by atoms with Gasteiger partial charge in [0.1, 0.15) is 11.9 Å². The molecule has 7 heteroatoms. The van der Waals surface area contributed by atoms with Crippen LogP contribution >= 0.6 is 11.6 Å². The topological polar surface area (TPSA) is 78.8 Å². The van der Waals surface area contributed by atoms with Gasteiger partial charge in [0.15, 0.2) is 0 Å². The van der Waals surface area contributed by atoms with E-state index < -0.39 is 11.9 Å². The quantitative estimate of drug-likeness (QED) is 0.660. The molecule has 1 aromatic heterocycles. The monoisotopic (exact) mass is 369 g/mol. The normalized spacial score (nSPS) is 11.6. The first kappa shape index (κ1) is 17.6. The minimum Gasteiger partial charge on any atom is -0.459 e. The van der Waals surface area contributed by atoms with Gasteiger partial charge < -0.3 is 4.74 Å². The van der Waals surface area contributed by atoms with Gasteiger partial charge in [0.25, 0.3) is 6.47 Å². The molecular weight excluding hydrogens is 357 g/mol. The molecule has 0 saturated carbocycles. The zero-order chi connectivity index (χ0) is 18.5. The van der Waals surface area contributed by atoms with Gasteiger partial charge in [0.05, 0.1) is 23.0 Å². The lowest BCUT2D eigenvalue weighted by molar-refractivity contribution is -0.133. The van der Waals surface area contributed by atoms with Crippen LogP contribution in [0.5, 0.6) is 0 Å². The van der Waals surface area contributed by atoms with E-state index in [9.17, 15) is 9.18 Å². The summed E-state index contributed by atoms with van der Waals surface area (Å²) < 4.78 is 18.7. The highest BCUT2D eigenvalue weighted by molar-refractivity contribution is 6.30. The van der Waals surface area contributed by atoms with Crippen LogP contribution in [0.4, 0.5) is 4.39 Å². The van der Waals surface area contributed by atoms with Gasteiger partial charge >= 0.3 is 0 Å². The van der Waals surface area contributed by atoms with Crippen molar-refractivity contribution in [3.8, 4) is 17.3 Å². The maximum Gasteiger partial charge on any atom is 0.293 e. The van der Waals surface area contributed by atoms with Crippen molar-refractivity contribution >= 4 is 18.1 Å². The Kier molecular flexibility index (Phi) is 5.30. The summed E-state index contributed by atoms with van der Waals surface area (Å²) in [5, 5.41) is 16.3. The minimum atomic E-state index is -0.590. The summed E-state index contributed by atoms with van der Waals surface area (Å²) >= 11 is 5.88. The zero-order valence-electron chi connectivity index (χ0n) is 13.4. The average Bonchev–Trinajstić information content (AvgIpc) is 3.09. The Hall–Kier alpha value is -3.17. The fraction of sp³-hybridized carbons (Fsp3) is 0.105. The number of hydrogen-bond donors (Lipinski definition) is 1. The van der Waals surface area contributed by atoms with Gasteiger partial charge in [-0.3, -0.25) is 9.89 Å². The summed E-state index contributed by atoms with van der Waals surface area (Å²) in [6, 6.07) is 14.8. The fourth-order valence-electron chi connectivity index (χ4n) is 2.64. The van der Waals surface area contributed by atoms with Crippen molar-refractivity contribution < 1.29 is 13.9 Å². The number of nitrogens with zero attached hydrogens (tertiary/aromatic N) is 2. The van der Waals surface area contributed by atoms with Crippen molar-refractivity contribution in [1.29, 1.82) is 5.26 Å². The first-order chi connectivity index (χ1) is 12.6. The minimum absolute atomic E-state index is 0.284. The number of nitriles is 1. The van der Waals surface area contributed by atoms with Gasteiger partial charge in [0, 0.05) is 17.0 Å². The summed E-state index contributed by atoms with van der Waals surface area (Å²) in [4.78, 5) is 10.9. The van der Waals surface area contributed by atoms with E-state index >= 15 is 0 Å². The van der Waals surface area contributed by atoms with Crippen LogP contribution in [0, 0.1) is 17.1 Å². The van der Waals surface area contributed by atoms with Crippen LogP contribution in [0.1, 0.15) is 22.9 Å². The molecule has 1 atom stereocenters. The summed E-state index contributed by atoms with van der Waals surface area (Å²) in [5.41, 5.74) is 2.94. The Bertz CT molecular complexity index is 961. The summed E-state index contributed by atoms with van der Waals surface area (Å²) in [6.45, 7) is 0.365. The fourth-order valence-corrected chi connectivity index (χ4v) is 2.86. The number of rotatable bonds is 6. The number of ether oxygens (including phenoxy) is 1. The summed E-state index contributed by atoms with van der Waals surface area (Å²) in [7, 11) is 0. The van der Waals surface area contributed by atoms with Crippen LogP contribution in [-0.2, 0) is 16.0 Å². The summed E-state index contributed by atoms with van der Waals surface area (Å²) in [6.07, 6.45) is -0.291. The van der Waals surface area contributed by atoms with Gasteiger partial charge in [0.2, 0.25) is 0 Å². The molecule has 2 aromatic carbocycles. The molecule has 3 rings (SSSR count). The molecule has 0 saturated heterocycles. The van der Waals surface area contributed by atoms with Crippen molar-refractivity contribution in [2.24, 2.45) is 0 Å². The molecule has 0 radical (unpaired) electrons. The molecule has 0 spiro atoms. The molecule has 3 aromatic rings. The second-order valence-corrected chi connectivity index (χ2v) is 6.03. The van der Waals surface area contributed by atoms with Crippen molar-refractivity contribution in [3.63, 3.8) is 0 Å². The molecule has 5 nitrogen and oxygen atoms in total. The first-order valence-corrected chi connectivity index (χ1v) is 8.07. The molecule has 130 valence electrons. The van der Waals surface area contributed by atoms with E-state index in [1.165, 1.54) is 12.1 Å². The highest BCUT2D eigenvalue weighted by atomic mass is 35.5. The first-order valence-electron chi connectivity index (χ1n) is 7.69. The van der Waals surface area contributed by atoms with Crippen molar-refractivity contribution in [3.05, 3.63) is 76.2 Å². The number of aromatic amines is 1. The lowest BCUT2D eigenvalue weighted by Crippen LogP contribution is -2.07. The van der Waals surface area contributed by atoms with E-state index in [1.54, 1.807) is 36.4 Å². The predicted octanol–water partition coefficient (Wildman–Crippen LogP) is 4.20. The van der Waals surface area contributed by atoms with Crippen LogP contribution < -0.4 is 0 Å². The molecule has 0 amide bonds. The van der Waals surface area contributed by atoms with E-state index in [0.29, 0.717) is 41.0 Å². The molecule has 0 bridgehead atoms. The van der Waals surface area contributed by atoms with E-state index in [0.717, 1.165) is 0 Å². The maximum absolute atomic E-state index is 13.5. The number of nitrogens with one attached hydrogen (secondary N) is 1. The number of hydrogen-bond acceptors (Lipinski definition) is 4. The van der Waals surface area contributed by atoms with E-state index in [1.807, 2.05) is 0 Å². The molecule has 0 fully saturated rings. The molecular formula is C19H13ClFN3O2. The summed E-state index contributed by atoms with van der Waals surface area (Å²) in [5.74, 6) is -0.445. The SMILES string of the molecule is N#Cc1cccc(C(Cc2cc(-c3cc(F)cc(Cl)c3)[nH]n2)OC=O)c1. The number of carbonyl (C=O) groups excluding carboxylic acids is 1. The Labute approximate surface area is 154 Å². The van der Waals surface area contributed by atoms with Crippen LogP contribution in [0.2, 0.25) is 5.02 Å². The van der Waals surface area contributed by atoms with Gasteiger partial charge in [-0.15, -0.1) is 0 Å². The Morgan fingerprint density at radius 3 is 2.88 bits per heavy atom.